The number of thiazole rings is 1. The molecule has 0 unspecified atom stereocenters. The lowest BCUT2D eigenvalue weighted by molar-refractivity contribution is 0.0376. The third kappa shape index (κ3) is 5.05. The summed E-state index contributed by atoms with van der Waals surface area (Å²) in [6.07, 6.45) is 5.52. The first-order valence-corrected chi connectivity index (χ1v) is 12.7. The number of ether oxygens (including phenoxy) is 2. The van der Waals surface area contributed by atoms with E-state index in [1.807, 2.05) is 29.2 Å². The van der Waals surface area contributed by atoms with E-state index < -0.39 is 0 Å². The minimum absolute atomic E-state index is 0.0383. The van der Waals surface area contributed by atoms with Gasteiger partial charge < -0.3 is 9.47 Å². The van der Waals surface area contributed by atoms with Crippen LogP contribution in [0.3, 0.4) is 0 Å². The van der Waals surface area contributed by atoms with Gasteiger partial charge in [-0.25, -0.2) is 4.98 Å². The van der Waals surface area contributed by atoms with Gasteiger partial charge in [-0.15, -0.1) is 0 Å². The number of hydrogen-bond donors (Lipinski definition) is 0. The van der Waals surface area contributed by atoms with E-state index in [0.717, 1.165) is 78.8 Å². The predicted octanol–water partition coefficient (Wildman–Crippen LogP) is 4.55. The summed E-state index contributed by atoms with van der Waals surface area (Å²) in [6.45, 7) is 5.09. The first-order valence-electron chi connectivity index (χ1n) is 11.9. The number of aryl methyl sites for hydroxylation is 2. The van der Waals surface area contributed by atoms with Crippen LogP contribution in [0.4, 0.5) is 5.13 Å². The van der Waals surface area contributed by atoms with Crippen molar-refractivity contribution in [2.24, 2.45) is 0 Å². The number of hydrogen-bond acceptors (Lipinski definition) is 6. The molecule has 0 radical (unpaired) electrons. The molecule has 1 aliphatic heterocycles. The van der Waals surface area contributed by atoms with Gasteiger partial charge in [0.2, 0.25) is 0 Å². The maximum Gasteiger partial charge on any atom is 0.260 e. The van der Waals surface area contributed by atoms with Gasteiger partial charge >= 0.3 is 0 Å². The summed E-state index contributed by atoms with van der Waals surface area (Å²) in [5, 5.41) is 0.753. The van der Waals surface area contributed by atoms with Crippen LogP contribution in [0.1, 0.15) is 40.7 Å². The number of anilines is 1. The number of benzene rings is 2. The lowest BCUT2D eigenvalue weighted by Crippen LogP contribution is -2.39. The zero-order chi connectivity index (χ0) is 22.6. The highest BCUT2D eigenvalue weighted by molar-refractivity contribution is 7.22. The Balaban J connectivity index is 1.40. The summed E-state index contributed by atoms with van der Waals surface area (Å²) in [4.78, 5) is 22.9. The molecule has 0 saturated carbocycles. The summed E-state index contributed by atoms with van der Waals surface area (Å²) in [5.41, 5.74) is 4.38. The minimum atomic E-state index is 0.0383. The molecule has 5 rings (SSSR count). The Hall–Kier alpha value is -2.48. The molecule has 1 aromatic heterocycles. The highest BCUT2D eigenvalue weighted by atomic mass is 32.1. The van der Waals surface area contributed by atoms with Crippen LogP contribution >= 0.6 is 11.3 Å². The number of aromatic nitrogens is 1. The van der Waals surface area contributed by atoms with Gasteiger partial charge in [-0.05, 0) is 73.6 Å². The molecule has 1 fully saturated rings. The van der Waals surface area contributed by atoms with Gasteiger partial charge in [-0.3, -0.25) is 14.6 Å². The second kappa shape index (κ2) is 10.2. The van der Waals surface area contributed by atoms with E-state index in [0.29, 0.717) is 6.54 Å². The minimum Gasteiger partial charge on any atom is -0.497 e. The van der Waals surface area contributed by atoms with Crippen molar-refractivity contribution >= 4 is 32.6 Å². The molecule has 0 spiro atoms. The SMILES string of the molecule is COc1ccc2nc(N(CCCN3CCOCC3)C(=O)c3ccc4c(c3)CCCC4)sc2c1. The van der Waals surface area contributed by atoms with Crippen molar-refractivity contribution in [1.82, 2.24) is 9.88 Å². The monoisotopic (exact) mass is 465 g/mol. The standard InChI is InChI=1S/C26H31N3O3S/c1-31-22-9-10-23-24(18-22)33-26(27-23)29(12-4-11-28-13-15-32-16-14-28)25(30)21-8-7-19-5-2-3-6-20(19)17-21/h7-10,17-18H,2-6,11-16H2,1H3. The summed E-state index contributed by atoms with van der Waals surface area (Å²) in [6, 6.07) is 12.1. The molecule has 2 aromatic carbocycles. The van der Waals surface area contributed by atoms with Crippen LogP contribution in [0, 0.1) is 0 Å². The van der Waals surface area contributed by atoms with Crippen molar-refractivity contribution in [3.63, 3.8) is 0 Å². The number of nitrogens with zero attached hydrogens (tertiary/aromatic N) is 3. The van der Waals surface area contributed by atoms with Crippen LogP contribution in [0.15, 0.2) is 36.4 Å². The topological polar surface area (TPSA) is 54.9 Å². The molecule has 3 aromatic rings. The Kier molecular flexibility index (Phi) is 6.90. The maximum atomic E-state index is 13.7. The summed E-state index contributed by atoms with van der Waals surface area (Å²) in [5.74, 6) is 0.842. The van der Waals surface area contributed by atoms with Crippen molar-refractivity contribution in [3.8, 4) is 5.75 Å². The Morgan fingerprint density at radius 1 is 1.12 bits per heavy atom. The van der Waals surface area contributed by atoms with E-state index in [9.17, 15) is 4.79 Å². The smallest absolute Gasteiger partial charge is 0.260 e. The molecule has 1 amide bonds. The summed E-state index contributed by atoms with van der Waals surface area (Å²) < 4.78 is 11.9. The van der Waals surface area contributed by atoms with Gasteiger partial charge in [0.25, 0.3) is 5.91 Å². The molecule has 7 heteroatoms. The molecular weight excluding hydrogens is 434 g/mol. The fourth-order valence-corrected chi connectivity index (χ4v) is 5.74. The fraction of sp³-hybridized carbons (Fsp3) is 0.462. The maximum absolute atomic E-state index is 13.7. The highest BCUT2D eigenvalue weighted by Crippen LogP contribution is 2.33. The van der Waals surface area contributed by atoms with Gasteiger partial charge in [0.05, 0.1) is 30.5 Å². The Morgan fingerprint density at radius 3 is 2.76 bits per heavy atom. The second-order valence-electron chi connectivity index (χ2n) is 8.79. The van der Waals surface area contributed by atoms with Crippen molar-refractivity contribution in [2.75, 3.05) is 51.4 Å². The Bertz CT molecular complexity index is 1120. The van der Waals surface area contributed by atoms with Crippen LogP contribution in [-0.2, 0) is 17.6 Å². The molecule has 1 aliphatic carbocycles. The van der Waals surface area contributed by atoms with Gasteiger partial charge in [-0.1, -0.05) is 17.4 Å². The molecule has 0 bridgehead atoms. The van der Waals surface area contributed by atoms with Crippen molar-refractivity contribution < 1.29 is 14.3 Å². The molecule has 2 heterocycles. The van der Waals surface area contributed by atoms with E-state index in [2.05, 4.69) is 17.0 Å². The number of methoxy groups -OCH3 is 1. The molecular formula is C26H31N3O3S. The van der Waals surface area contributed by atoms with Gasteiger partial charge in [0.15, 0.2) is 5.13 Å². The van der Waals surface area contributed by atoms with Gasteiger partial charge in [0.1, 0.15) is 5.75 Å². The molecule has 6 nitrogen and oxygen atoms in total. The normalized spacial score (nSPS) is 16.5. The van der Waals surface area contributed by atoms with Gasteiger partial charge in [0, 0.05) is 31.7 Å². The van der Waals surface area contributed by atoms with Crippen molar-refractivity contribution in [1.29, 1.82) is 0 Å². The molecule has 1 saturated heterocycles. The van der Waals surface area contributed by atoms with Crippen LogP contribution in [0.2, 0.25) is 0 Å². The van der Waals surface area contributed by atoms with Crippen LogP contribution in [-0.4, -0.2) is 62.3 Å². The number of carbonyl (C=O) groups is 1. The number of rotatable bonds is 7. The molecule has 0 atom stereocenters. The van der Waals surface area contributed by atoms with E-state index in [1.165, 1.54) is 24.0 Å². The largest absolute Gasteiger partial charge is 0.497 e. The zero-order valence-electron chi connectivity index (χ0n) is 19.2. The first kappa shape index (κ1) is 22.3. The number of morpholine rings is 1. The van der Waals surface area contributed by atoms with Crippen molar-refractivity contribution in [2.45, 2.75) is 32.1 Å². The third-order valence-electron chi connectivity index (χ3n) is 6.62. The first-order chi connectivity index (χ1) is 16.2. The fourth-order valence-electron chi connectivity index (χ4n) is 4.72. The zero-order valence-corrected chi connectivity index (χ0v) is 20.0. The van der Waals surface area contributed by atoms with Crippen LogP contribution in [0.5, 0.6) is 5.75 Å². The average Bonchev–Trinajstić information content (AvgIpc) is 3.29. The Morgan fingerprint density at radius 2 is 1.94 bits per heavy atom. The van der Waals surface area contributed by atoms with Crippen LogP contribution < -0.4 is 9.64 Å². The van der Waals surface area contributed by atoms with E-state index in [1.54, 1.807) is 18.4 Å². The lowest BCUT2D eigenvalue weighted by Gasteiger charge is -2.28. The number of amides is 1. The molecule has 2 aliphatic rings. The quantitative estimate of drug-likeness (QED) is 0.512. The van der Waals surface area contributed by atoms with Crippen LogP contribution in [0.25, 0.3) is 10.2 Å². The average molecular weight is 466 g/mol. The third-order valence-corrected chi connectivity index (χ3v) is 7.66. The molecule has 0 N–H and O–H groups in total. The number of carbonyl (C=O) groups excluding carboxylic acids is 1. The lowest BCUT2D eigenvalue weighted by atomic mass is 9.90. The predicted molar refractivity (Wildman–Crippen MR) is 133 cm³/mol. The summed E-state index contributed by atoms with van der Waals surface area (Å²) >= 11 is 1.55. The number of fused-ring (bicyclic) bond motifs is 2. The molecule has 174 valence electrons. The summed E-state index contributed by atoms with van der Waals surface area (Å²) in [7, 11) is 1.67. The highest BCUT2D eigenvalue weighted by Gasteiger charge is 2.23. The van der Waals surface area contributed by atoms with Gasteiger partial charge in [-0.2, -0.15) is 0 Å². The van der Waals surface area contributed by atoms with Crippen molar-refractivity contribution in [3.05, 3.63) is 53.1 Å². The second-order valence-corrected chi connectivity index (χ2v) is 9.79. The van der Waals surface area contributed by atoms with E-state index >= 15 is 0 Å². The van der Waals surface area contributed by atoms with E-state index in [4.69, 9.17) is 14.5 Å². The molecule has 33 heavy (non-hydrogen) atoms. The van der Waals surface area contributed by atoms with E-state index in [-0.39, 0.29) is 5.91 Å². The Labute approximate surface area is 199 Å².